The Balaban J connectivity index is 1.68. The number of hydrazone groups is 1. The summed E-state index contributed by atoms with van der Waals surface area (Å²) in [6.45, 7) is -0.360. The summed E-state index contributed by atoms with van der Waals surface area (Å²) in [7, 11) is 0. The molecule has 9 heteroatoms. The summed E-state index contributed by atoms with van der Waals surface area (Å²) in [6.07, 6.45) is 1.21. The van der Waals surface area contributed by atoms with Gasteiger partial charge in [0.25, 0.3) is 11.8 Å². The van der Waals surface area contributed by atoms with Gasteiger partial charge in [-0.15, -0.1) is 0 Å². The highest BCUT2D eigenvalue weighted by Gasteiger charge is 2.26. The molecule has 1 heterocycles. The first kappa shape index (κ1) is 18.0. The molecule has 0 bridgehead atoms. The van der Waals surface area contributed by atoms with Crippen LogP contribution in [0.25, 0.3) is 0 Å². The van der Waals surface area contributed by atoms with E-state index >= 15 is 0 Å². The average Bonchev–Trinajstić information content (AvgIpc) is 2.61. The van der Waals surface area contributed by atoms with Crippen LogP contribution in [-0.2, 0) is 9.59 Å². The molecule has 0 saturated heterocycles. The van der Waals surface area contributed by atoms with Gasteiger partial charge >= 0.3 is 0 Å². The van der Waals surface area contributed by atoms with Crippen molar-refractivity contribution in [3.05, 3.63) is 52.0 Å². The van der Waals surface area contributed by atoms with Crippen molar-refractivity contribution in [2.24, 2.45) is 5.10 Å². The lowest BCUT2D eigenvalue weighted by Crippen LogP contribution is -2.44. The number of carbonyl (C=O) groups excluding carboxylic acids is 2. The Hall–Kier alpha value is -2.77. The van der Waals surface area contributed by atoms with Crippen LogP contribution in [0.4, 0.5) is 5.69 Å². The molecule has 26 heavy (non-hydrogen) atoms. The van der Waals surface area contributed by atoms with Gasteiger partial charge in [-0.05, 0) is 24.3 Å². The van der Waals surface area contributed by atoms with Crippen LogP contribution in [0.3, 0.4) is 0 Å². The number of phenols is 1. The number of benzene rings is 2. The Bertz CT molecular complexity index is 902. The van der Waals surface area contributed by atoms with Gasteiger partial charge in [-0.25, -0.2) is 5.43 Å². The van der Waals surface area contributed by atoms with Crippen molar-refractivity contribution >= 4 is 46.9 Å². The number of aromatic hydroxyl groups is 1. The van der Waals surface area contributed by atoms with Crippen LogP contribution in [0.2, 0.25) is 10.0 Å². The van der Waals surface area contributed by atoms with E-state index in [2.05, 4.69) is 10.5 Å². The Kier molecular flexibility index (Phi) is 5.29. The Morgan fingerprint density at radius 2 is 2.12 bits per heavy atom. The van der Waals surface area contributed by atoms with Crippen LogP contribution in [-0.4, -0.2) is 36.3 Å². The first-order valence-corrected chi connectivity index (χ1v) is 8.23. The molecule has 0 fully saturated rings. The maximum Gasteiger partial charge on any atom is 0.265 e. The van der Waals surface area contributed by atoms with Gasteiger partial charge in [0.2, 0.25) is 0 Å². The molecular formula is C17H13Cl2N3O4. The molecule has 0 spiro atoms. The zero-order valence-electron chi connectivity index (χ0n) is 13.3. The third-order valence-corrected chi connectivity index (χ3v) is 4.07. The SMILES string of the molecule is O=C(CN1C(=O)COc2ccccc21)N/N=C/c1cc(Cl)cc(Cl)c1O. The van der Waals surface area contributed by atoms with Crippen molar-refractivity contribution < 1.29 is 19.4 Å². The second-order valence-corrected chi connectivity index (χ2v) is 6.20. The van der Waals surface area contributed by atoms with E-state index in [-0.39, 0.29) is 35.4 Å². The highest BCUT2D eigenvalue weighted by molar-refractivity contribution is 6.36. The highest BCUT2D eigenvalue weighted by Crippen LogP contribution is 2.31. The van der Waals surface area contributed by atoms with E-state index in [0.717, 1.165) is 0 Å². The van der Waals surface area contributed by atoms with Crippen molar-refractivity contribution in [3.63, 3.8) is 0 Å². The van der Waals surface area contributed by atoms with Crippen molar-refractivity contribution in [2.45, 2.75) is 0 Å². The molecule has 2 N–H and O–H groups in total. The summed E-state index contributed by atoms with van der Waals surface area (Å²) in [5.41, 5.74) is 3.06. The minimum absolute atomic E-state index is 0.0702. The number of fused-ring (bicyclic) bond motifs is 1. The second kappa shape index (κ2) is 7.63. The number of phenolic OH excluding ortho intramolecular Hbond substituents is 1. The molecule has 1 aliphatic heterocycles. The smallest absolute Gasteiger partial charge is 0.265 e. The third kappa shape index (κ3) is 3.89. The summed E-state index contributed by atoms with van der Waals surface area (Å²) in [5, 5.41) is 14.0. The number of hydrogen-bond acceptors (Lipinski definition) is 5. The number of para-hydroxylation sites is 2. The normalized spacial score (nSPS) is 13.5. The zero-order valence-corrected chi connectivity index (χ0v) is 14.8. The van der Waals surface area contributed by atoms with Crippen LogP contribution >= 0.6 is 23.2 Å². The van der Waals surface area contributed by atoms with Gasteiger partial charge in [-0.1, -0.05) is 35.3 Å². The lowest BCUT2D eigenvalue weighted by atomic mass is 10.2. The molecule has 3 rings (SSSR count). The number of hydrogen-bond donors (Lipinski definition) is 2. The molecular weight excluding hydrogens is 381 g/mol. The molecule has 1 aliphatic rings. The van der Waals surface area contributed by atoms with Gasteiger partial charge in [0.1, 0.15) is 18.0 Å². The first-order valence-electron chi connectivity index (χ1n) is 7.48. The molecule has 0 atom stereocenters. The van der Waals surface area contributed by atoms with Gasteiger partial charge in [-0.2, -0.15) is 5.10 Å². The molecule has 2 aromatic carbocycles. The highest BCUT2D eigenvalue weighted by atomic mass is 35.5. The Morgan fingerprint density at radius 3 is 2.92 bits per heavy atom. The van der Waals surface area contributed by atoms with E-state index in [1.165, 1.54) is 23.2 Å². The maximum absolute atomic E-state index is 12.1. The van der Waals surface area contributed by atoms with Crippen LogP contribution in [0.15, 0.2) is 41.5 Å². The monoisotopic (exact) mass is 393 g/mol. The fraction of sp³-hybridized carbons (Fsp3) is 0.118. The first-order chi connectivity index (χ1) is 12.5. The molecule has 7 nitrogen and oxygen atoms in total. The minimum atomic E-state index is -0.515. The number of halogens is 2. The standard InChI is InChI=1S/C17H13Cl2N3O4/c18-11-5-10(17(25)12(19)6-11)7-20-21-15(23)8-22-13-3-1-2-4-14(13)26-9-16(22)24/h1-7,25H,8-9H2,(H,21,23)/b20-7+. The van der Waals surface area contributed by atoms with Crippen molar-refractivity contribution in [1.29, 1.82) is 0 Å². The van der Waals surface area contributed by atoms with Crippen LogP contribution in [0.1, 0.15) is 5.56 Å². The van der Waals surface area contributed by atoms with Gasteiger partial charge in [0.05, 0.1) is 16.9 Å². The molecule has 0 radical (unpaired) electrons. The molecule has 0 unspecified atom stereocenters. The average molecular weight is 394 g/mol. The van der Waals surface area contributed by atoms with Crippen LogP contribution < -0.4 is 15.1 Å². The number of nitrogens with zero attached hydrogens (tertiary/aromatic N) is 2. The molecule has 0 aromatic heterocycles. The lowest BCUT2D eigenvalue weighted by Gasteiger charge is -2.28. The summed E-state index contributed by atoms with van der Waals surface area (Å²) >= 11 is 11.7. The molecule has 0 aliphatic carbocycles. The maximum atomic E-state index is 12.1. The largest absolute Gasteiger partial charge is 0.506 e. The fourth-order valence-electron chi connectivity index (χ4n) is 2.36. The van der Waals surface area contributed by atoms with Gasteiger partial charge < -0.3 is 9.84 Å². The number of amides is 2. The van der Waals surface area contributed by atoms with E-state index in [1.54, 1.807) is 24.3 Å². The van der Waals surface area contributed by atoms with Crippen molar-refractivity contribution in [2.75, 3.05) is 18.1 Å². The van der Waals surface area contributed by atoms with Gasteiger partial charge in [-0.3, -0.25) is 14.5 Å². The quantitative estimate of drug-likeness (QED) is 0.616. The Labute approximate surface area is 158 Å². The predicted octanol–water partition coefficient (Wildman–Crippen LogP) is 2.57. The summed E-state index contributed by atoms with van der Waals surface area (Å²) in [6, 6.07) is 9.76. The topological polar surface area (TPSA) is 91.2 Å². The number of nitrogens with one attached hydrogen (secondary N) is 1. The van der Waals surface area contributed by atoms with E-state index < -0.39 is 5.91 Å². The van der Waals surface area contributed by atoms with Gasteiger partial charge in [0, 0.05) is 10.6 Å². The van der Waals surface area contributed by atoms with Crippen LogP contribution in [0, 0.1) is 0 Å². The summed E-state index contributed by atoms with van der Waals surface area (Å²) < 4.78 is 5.32. The van der Waals surface area contributed by atoms with E-state index in [1.807, 2.05) is 0 Å². The van der Waals surface area contributed by atoms with Crippen molar-refractivity contribution in [3.8, 4) is 11.5 Å². The Morgan fingerprint density at radius 1 is 1.35 bits per heavy atom. The van der Waals surface area contributed by atoms with Gasteiger partial charge in [0.15, 0.2) is 6.61 Å². The van der Waals surface area contributed by atoms with E-state index in [9.17, 15) is 14.7 Å². The number of ether oxygens (including phenoxy) is 1. The molecule has 0 saturated carbocycles. The molecule has 2 aromatic rings. The predicted molar refractivity (Wildman–Crippen MR) is 98.2 cm³/mol. The zero-order chi connectivity index (χ0) is 18.7. The lowest BCUT2D eigenvalue weighted by molar-refractivity contribution is -0.125. The number of anilines is 1. The number of rotatable bonds is 4. The summed E-state index contributed by atoms with van der Waals surface area (Å²) in [5.74, 6) is -0.519. The minimum Gasteiger partial charge on any atom is -0.506 e. The molecule has 134 valence electrons. The van der Waals surface area contributed by atoms with Crippen molar-refractivity contribution in [1.82, 2.24) is 5.43 Å². The number of carbonyl (C=O) groups is 2. The van der Waals surface area contributed by atoms with E-state index in [0.29, 0.717) is 16.5 Å². The van der Waals surface area contributed by atoms with E-state index in [4.69, 9.17) is 27.9 Å². The van der Waals surface area contributed by atoms with Crippen LogP contribution in [0.5, 0.6) is 11.5 Å². The molecule has 2 amide bonds. The fourth-order valence-corrected chi connectivity index (χ4v) is 2.87. The summed E-state index contributed by atoms with van der Waals surface area (Å²) in [4.78, 5) is 25.4. The third-order valence-electron chi connectivity index (χ3n) is 3.56. The second-order valence-electron chi connectivity index (χ2n) is 5.35.